The van der Waals surface area contributed by atoms with Gasteiger partial charge in [0.25, 0.3) is 0 Å². The molecule has 0 aromatic carbocycles. The number of nitrogens with zero attached hydrogens (tertiary/aromatic N) is 1. The number of nitrogens with two attached hydrogens (primary N) is 1. The molecule has 2 fully saturated rings. The largest absolute Gasteiger partial charge is 0.338 e. The first-order chi connectivity index (χ1) is 7.24. The number of nitrogens with one attached hydrogen (secondary N) is 1. The highest BCUT2D eigenvalue weighted by Gasteiger charge is 2.36. The van der Waals surface area contributed by atoms with E-state index in [9.17, 15) is 4.79 Å². The molecule has 1 amide bonds. The number of halogens is 2. The van der Waals surface area contributed by atoms with Crippen LogP contribution in [0.15, 0.2) is 0 Å². The maximum atomic E-state index is 12.1. The Bertz CT molecular complexity index is 249. The van der Waals surface area contributed by atoms with Crippen molar-refractivity contribution in [3.63, 3.8) is 0 Å². The second-order valence-corrected chi connectivity index (χ2v) is 4.81. The summed E-state index contributed by atoms with van der Waals surface area (Å²) < 4.78 is 0. The van der Waals surface area contributed by atoms with Crippen molar-refractivity contribution in [2.45, 2.75) is 25.8 Å². The van der Waals surface area contributed by atoms with Gasteiger partial charge in [-0.15, -0.1) is 24.8 Å². The highest BCUT2D eigenvalue weighted by Crippen LogP contribution is 2.24. The first kappa shape index (κ1) is 17.0. The lowest BCUT2D eigenvalue weighted by Crippen LogP contribution is -2.58. The van der Waals surface area contributed by atoms with Gasteiger partial charge in [0.05, 0.1) is 5.92 Å². The van der Waals surface area contributed by atoms with E-state index in [0.29, 0.717) is 18.4 Å². The maximum absolute atomic E-state index is 12.1. The fourth-order valence-corrected chi connectivity index (χ4v) is 2.58. The quantitative estimate of drug-likeness (QED) is 0.782. The highest BCUT2D eigenvalue weighted by molar-refractivity contribution is 5.85. The van der Waals surface area contributed by atoms with Gasteiger partial charge in [0, 0.05) is 32.2 Å². The van der Waals surface area contributed by atoms with Crippen LogP contribution in [0.2, 0.25) is 0 Å². The van der Waals surface area contributed by atoms with Crippen molar-refractivity contribution in [1.82, 2.24) is 10.2 Å². The van der Waals surface area contributed by atoms with Crippen LogP contribution in [0.1, 0.15) is 19.8 Å². The average Bonchev–Trinajstić information content (AvgIpc) is 2.14. The van der Waals surface area contributed by atoms with Crippen molar-refractivity contribution in [2.24, 2.45) is 17.6 Å². The SMILES string of the molecule is CC1CCCN(C(=O)C2CNC2)C1CN.Cl.Cl. The number of likely N-dealkylation sites (tertiary alicyclic amines) is 1. The van der Waals surface area contributed by atoms with E-state index in [1.807, 2.05) is 4.90 Å². The predicted octanol–water partition coefficient (Wildman–Crippen LogP) is 0.635. The molecule has 0 aliphatic carbocycles. The Balaban J connectivity index is 0.00000128. The van der Waals surface area contributed by atoms with Crippen LogP contribution in [0.25, 0.3) is 0 Å². The molecule has 0 saturated carbocycles. The van der Waals surface area contributed by atoms with Crippen molar-refractivity contribution in [3.05, 3.63) is 0 Å². The molecule has 0 spiro atoms. The number of amides is 1. The Morgan fingerprint density at radius 1 is 1.41 bits per heavy atom. The minimum atomic E-state index is 0. The second kappa shape index (κ2) is 7.41. The monoisotopic (exact) mass is 283 g/mol. The van der Waals surface area contributed by atoms with E-state index in [4.69, 9.17) is 5.73 Å². The molecule has 0 radical (unpaired) electrons. The van der Waals surface area contributed by atoms with Gasteiger partial charge in [-0.05, 0) is 18.8 Å². The Morgan fingerprint density at radius 3 is 2.53 bits per heavy atom. The molecule has 4 nitrogen and oxygen atoms in total. The Labute approximate surface area is 115 Å². The Morgan fingerprint density at radius 2 is 2.06 bits per heavy atom. The number of hydrogen-bond donors (Lipinski definition) is 2. The lowest BCUT2D eigenvalue weighted by atomic mass is 9.89. The summed E-state index contributed by atoms with van der Waals surface area (Å²) in [7, 11) is 0. The molecule has 2 unspecified atom stereocenters. The van der Waals surface area contributed by atoms with Gasteiger partial charge in [-0.3, -0.25) is 4.79 Å². The molecule has 0 aromatic heterocycles. The normalized spacial score (nSPS) is 28.7. The van der Waals surface area contributed by atoms with Crippen molar-refractivity contribution < 1.29 is 4.79 Å². The van der Waals surface area contributed by atoms with Gasteiger partial charge in [0.15, 0.2) is 0 Å². The van der Waals surface area contributed by atoms with Crippen molar-refractivity contribution in [2.75, 3.05) is 26.2 Å². The maximum Gasteiger partial charge on any atom is 0.228 e. The molecule has 2 aliphatic heterocycles. The molecule has 2 atom stereocenters. The smallest absolute Gasteiger partial charge is 0.228 e. The van der Waals surface area contributed by atoms with Gasteiger partial charge in [0.1, 0.15) is 0 Å². The van der Waals surface area contributed by atoms with E-state index in [2.05, 4.69) is 12.2 Å². The van der Waals surface area contributed by atoms with Crippen molar-refractivity contribution in [1.29, 1.82) is 0 Å². The van der Waals surface area contributed by atoms with Gasteiger partial charge < -0.3 is 16.0 Å². The molecular weight excluding hydrogens is 261 g/mol. The molecule has 2 rings (SSSR count). The summed E-state index contributed by atoms with van der Waals surface area (Å²) >= 11 is 0. The molecule has 2 heterocycles. The molecule has 102 valence electrons. The summed E-state index contributed by atoms with van der Waals surface area (Å²) in [6.07, 6.45) is 2.33. The third-order valence-electron chi connectivity index (χ3n) is 3.77. The molecule has 6 heteroatoms. The zero-order valence-electron chi connectivity index (χ0n) is 10.2. The first-order valence-electron chi connectivity index (χ1n) is 5.95. The van der Waals surface area contributed by atoms with E-state index in [0.717, 1.165) is 26.1 Å². The van der Waals surface area contributed by atoms with Crippen LogP contribution in [-0.2, 0) is 4.79 Å². The molecule has 2 saturated heterocycles. The minimum Gasteiger partial charge on any atom is -0.338 e. The summed E-state index contributed by atoms with van der Waals surface area (Å²) in [6.45, 7) is 5.41. The number of rotatable bonds is 2. The zero-order valence-corrected chi connectivity index (χ0v) is 11.9. The van der Waals surface area contributed by atoms with Gasteiger partial charge in [-0.1, -0.05) is 6.92 Å². The van der Waals surface area contributed by atoms with Gasteiger partial charge in [-0.2, -0.15) is 0 Å². The fourth-order valence-electron chi connectivity index (χ4n) is 2.58. The van der Waals surface area contributed by atoms with E-state index in [-0.39, 0.29) is 36.8 Å². The standard InChI is InChI=1S/C11H21N3O.2ClH/c1-8-3-2-4-14(10(8)5-12)11(15)9-6-13-7-9;;/h8-10,13H,2-7,12H2,1H3;2*1H. The van der Waals surface area contributed by atoms with Crippen LogP contribution < -0.4 is 11.1 Å². The number of hydrogen-bond acceptors (Lipinski definition) is 3. The third-order valence-corrected chi connectivity index (χ3v) is 3.77. The van der Waals surface area contributed by atoms with Crippen LogP contribution in [0.3, 0.4) is 0 Å². The predicted molar refractivity (Wildman–Crippen MR) is 73.8 cm³/mol. The van der Waals surface area contributed by atoms with Crippen molar-refractivity contribution in [3.8, 4) is 0 Å². The van der Waals surface area contributed by atoms with Gasteiger partial charge >= 0.3 is 0 Å². The van der Waals surface area contributed by atoms with Crippen LogP contribution in [0, 0.1) is 11.8 Å². The van der Waals surface area contributed by atoms with E-state index >= 15 is 0 Å². The molecule has 2 aliphatic rings. The number of piperidine rings is 1. The van der Waals surface area contributed by atoms with E-state index in [1.165, 1.54) is 6.42 Å². The fraction of sp³-hybridized carbons (Fsp3) is 0.909. The average molecular weight is 284 g/mol. The summed E-state index contributed by atoms with van der Waals surface area (Å²) in [5, 5.41) is 3.15. The zero-order chi connectivity index (χ0) is 10.8. The molecular formula is C11H23Cl2N3O. The third kappa shape index (κ3) is 3.47. The van der Waals surface area contributed by atoms with Gasteiger partial charge in [0.2, 0.25) is 5.91 Å². The summed E-state index contributed by atoms with van der Waals surface area (Å²) in [6, 6.07) is 0.270. The lowest BCUT2D eigenvalue weighted by molar-refractivity contribution is -0.142. The van der Waals surface area contributed by atoms with Crippen LogP contribution in [0.5, 0.6) is 0 Å². The summed E-state index contributed by atoms with van der Waals surface area (Å²) in [5.41, 5.74) is 5.77. The van der Waals surface area contributed by atoms with Crippen molar-refractivity contribution >= 4 is 30.7 Å². The molecule has 0 aromatic rings. The van der Waals surface area contributed by atoms with Crippen LogP contribution in [-0.4, -0.2) is 43.0 Å². The topological polar surface area (TPSA) is 58.4 Å². The molecule has 17 heavy (non-hydrogen) atoms. The van der Waals surface area contributed by atoms with E-state index < -0.39 is 0 Å². The lowest BCUT2D eigenvalue weighted by Gasteiger charge is -2.42. The number of carbonyl (C=O) groups excluding carboxylic acids is 1. The second-order valence-electron chi connectivity index (χ2n) is 4.81. The summed E-state index contributed by atoms with van der Waals surface area (Å²) in [4.78, 5) is 14.2. The Hall–Kier alpha value is -0.0300. The highest BCUT2D eigenvalue weighted by atomic mass is 35.5. The number of carbonyl (C=O) groups is 1. The minimum absolute atomic E-state index is 0. The summed E-state index contributed by atoms with van der Waals surface area (Å²) in [5.74, 6) is 1.08. The van der Waals surface area contributed by atoms with Gasteiger partial charge in [-0.25, -0.2) is 0 Å². The van der Waals surface area contributed by atoms with E-state index in [1.54, 1.807) is 0 Å². The Kier molecular flexibility index (Phi) is 7.40. The first-order valence-corrected chi connectivity index (χ1v) is 5.95. The van der Waals surface area contributed by atoms with Crippen LogP contribution >= 0.6 is 24.8 Å². The van der Waals surface area contributed by atoms with Crippen LogP contribution in [0.4, 0.5) is 0 Å². The molecule has 3 N–H and O–H groups in total. The molecule has 0 bridgehead atoms.